The fraction of sp³-hybridized carbons (Fsp3) is 0.176. The molecular formula is C17H11Br2F3N2O2. The zero-order valence-corrected chi connectivity index (χ0v) is 16.1. The minimum atomic E-state index is -5.08. The predicted molar refractivity (Wildman–Crippen MR) is 96.6 cm³/mol. The van der Waals surface area contributed by atoms with Gasteiger partial charge < -0.3 is 5.11 Å². The molecule has 136 valence electrons. The maximum atomic E-state index is 13.6. The second kappa shape index (κ2) is 6.79. The third-order valence-electron chi connectivity index (χ3n) is 3.89. The first-order valence-corrected chi connectivity index (χ1v) is 8.94. The number of hydrogen-bond acceptors (Lipinski definition) is 3. The number of carbonyl (C=O) groups is 1. The Bertz CT molecular complexity index is 902. The molecule has 3 rings (SSSR count). The van der Waals surface area contributed by atoms with E-state index in [9.17, 15) is 23.1 Å². The molecule has 9 heteroatoms. The maximum Gasteiger partial charge on any atom is 0.438 e. The van der Waals surface area contributed by atoms with Crippen LogP contribution in [0.3, 0.4) is 0 Å². The lowest BCUT2D eigenvalue weighted by atomic mass is 10.0. The lowest BCUT2D eigenvalue weighted by Crippen LogP contribution is -2.56. The molecule has 0 fully saturated rings. The number of hydrogen-bond donors (Lipinski definition) is 1. The van der Waals surface area contributed by atoms with Gasteiger partial charge in [0, 0.05) is 8.95 Å². The second-order valence-corrected chi connectivity index (χ2v) is 7.42. The summed E-state index contributed by atoms with van der Waals surface area (Å²) in [6, 6.07) is 12.5. The number of benzene rings is 2. The van der Waals surface area contributed by atoms with Crippen molar-refractivity contribution in [2.24, 2.45) is 5.10 Å². The summed E-state index contributed by atoms with van der Waals surface area (Å²) in [5.41, 5.74) is -3.11. The molecule has 1 N–H and O–H groups in total. The van der Waals surface area contributed by atoms with Gasteiger partial charge in [-0.3, -0.25) is 4.79 Å². The molecule has 1 aliphatic rings. The molecule has 1 atom stereocenters. The van der Waals surface area contributed by atoms with Crippen LogP contribution in [-0.4, -0.2) is 33.6 Å². The van der Waals surface area contributed by atoms with E-state index >= 15 is 0 Å². The molecule has 0 radical (unpaired) electrons. The number of halogens is 5. The Labute approximate surface area is 163 Å². The highest BCUT2D eigenvalue weighted by atomic mass is 79.9. The monoisotopic (exact) mass is 490 g/mol. The average Bonchev–Trinajstić information content (AvgIpc) is 2.94. The number of carbonyl (C=O) groups excluding carboxylic acids is 1. The Morgan fingerprint density at radius 2 is 1.85 bits per heavy atom. The van der Waals surface area contributed by atoms with Gasteiger partial charge >= 0.3 is 6.18 Å². The quantitative estimate of drug-likeness (QED) is 0.661. The summed E-state index contributed by atoms with van der Waals surface area (Å²) in [5.74, 6) is -1.05. The lowest BCUT2D eigenvalue weighted by Gasteiger charge is -2.32. The van der Waals surface area contributed by atoms with Crippen LogP contribution in [0.15, 0.2) is 62.6 Å². The zero-order chi connectivity index (χ0) is 19.1. The van der Waals surface area contributed by atoms with Crippen molar-refractivity contribution in [3.8, 4) is 0 Å². The van der Waals surface area contributed by atoms with E-state index in [2.05, 4.69) is 37.0 Å². The molecule has 0 saturated carbocycles. The molecule has 2 aromatic carbocycles. The van der Waals surface area contributed by atoms with E-state index in [4.69, 9.17) is 0 Å². The van der Waals surface area contributed by atoms with Crippen LogP contribution in [0, 0.1) is 0 Å². The first-order chi connectivity index (χ1) is 12.1. The predicted octanol–water partition coefficient (Wildman–Crippen LogP) is 4.71. The van der Waals surface area contributed by atoms with Crippen LogP contribution in [0.1, 0.15) is 22.3 Å². The van der Waals surface area contributed by atoms with Crippen LogP contribution < -0.4 is 0 Å². The van der Waals surface area contributed by atoms with Crippen molar-refractivity contribution in [2.45, 2.75) is 18.3 Å². The molecule has 2 aromatic rings. The van der Waals surface area contributed by atoms with E-state index < -0.39 is 24.2 Å². The first kappa shape index (κ1) is 19.1. The molecule has 1 aliphatic heterocycles. The van der Waals surface area contributed by atoms with Gasteiger partial charge in [-0.25, -0.2) is 0 Å². The van der Waals surface area contributed by atoms with Crippen LogP contribution in [0.2, 0.25) is 0 Å². The smallest absolute Gasteiger partial charge is 0.362 e. The molecule has 0 aliphatic carbocycles. The van der Waals surface area contributed by atoms with Crippen molar-refractivity contribution < 1.29 is 23.1 Å². The van der Waals surface area contributed by atoms with Crippen molar-refractivity contribution in [1.82, 2.24) is 5.01 Å². The van der Waals surface area contributed by atoms with Gasteiger partial charge in [0.25, 0.3) is 11.6 Å². The van der Waals surface area contributed by atoms with Gasteiger partial charge in [0.1, 0.15) is 0 Å². The molecule has 1 heterocycles. The largest absolute Gasteiger partial charge is 0.438 e. The first-order valence-electron chi connectivity index (χ1n) is 7.35. The standard InChI is InChI=1S/C17H11Br2F3N2O2/c18-11-5-3-4-10(8-11)14-9-16(26,17(20,21)22)24(23-14)15(25)12-6-1-2-7-13(12)19/h1-8,26H,9H2/t16-/m0/s1. The van der Waals surface area contributed by atoms with Crippen LogP contribution in [0.25, 0.3) is 0 Å². The third kappa shape index (κ3) is 3.30. The SMILES string of the molecule is O=C(c1ccccc1Br)N1N=C(c2cccc(Br)c2)C[C@]1(O)C(F)(F)F. The van der Waals surface area contributed by atoms with E-state index in [0.29, 0.717) is 14.5 Å². The fourth-order valence-electron chi connectivity index (χ4n) is 2.56. The van der Waals surface area contributed by atoms with E-state index in [0.717, 1.165) is 0 Å². The van der Waals surface area contributed by atoms with Crippen molar-refractivity contribution >= 4 is 43.5 Å². The highest BCUT2D eigenvalue weighted by Crippen LogP contribution is 2.42. The van der Waals surface area contributed by atoms with Gasteiger partial charge in [-0.1, -0.05) is 40.2 Å². The molecule has 0 saturated heterocycles. The number of aliphatic hydroxyl groups is 1. The summed E-state index contributed by atoms with van der Waals surface area (Å²) in [6.45, 7) is 0. The molecule has 4 nitrogen and oxygen atoms in total. The summed E-state index contributed by atoms with van der Waals surface area (Å²) in [7, 11) is 0. The Morgan fingerprint density at radius 3 is 2.46 bits per heavy atom. The van der Waals surface area contributed by atoms with E-state index in [1.807, 2.05) is 0 Å². The summed E-state index contributed by atoms with van der Waals surface area (Å²) in [4.78, 5) is 12.7. The molecule has 26 heavy (non-hydrogen) atoms. The summed E-state index contributed by atoms with van der Waals surface area (Å²) >= 11 is 6.38. The minimum Gasteiger partial charge on any atom is -0.362 e. The number of amides is 1. The summed E-state index contributed by atoms with van der Waals surface area (Å²) in [5, 5.41) is 14.3. The van der Waals surface area contributed by atoms with Crippen LogP contribution in [0.5, 0.6) is 0 Å². The van der Waals surface area contributed by atoms with Gasteiger partial charge in [0.15, 0.2) is 0 Å². The number of alkyl halides is 3. The van der Waals surface area contributed by atoms with E-state index in [-0.39, 0.29) is 16.3 Å². The van der Waals surface area contributed by atoms with E-state index in [1.54, 1.807) is 30.3 Å². The van der Waals surface area contributed by atoms with Crippen LogP contribution >= 0.6 is 31.9 Å². The van der Waals surface area contributed by atoms with Crippen molar-refractivity contribution in [1.29, 1.82) is 0 Å². The summed E-state index contributed by atoms with van der Waals surface area (Å²) < 4.78 is 41.8. The van der Waals surface area contributed by atoms with Gasteiger partial charge in [-0.2, -0.15) is 23.3 Å². The van der Waals surface area contributed by atoms with Crippen LogP contribution in [0.4, 0.5) is 13.2 Å². The van der Waals surface area contributed by atoms with Crippen molar-refractivity contribution in [3.05, 3.63) is 68.6 Å². The van der Waals surface area contributed by atoms with Gasteiger partial charge in [0.05, 0.1) is 17.7 Å². The Balaban J connectivity index is 2.09. The van der Waals surface area contributed by atoms with Gasteiger partial charge in [0.2, 0.25) is 0 Å². The molecule has 1 amide bonds. The summed E-state index contributed by atoms with van der Waals surface area (Å²) in [6.07, 6.45) is -5.94. The maximum absolute atomic E-state index is 13.6. The minimum absolute atomic E-state index is 0.0329. The molecular weight excluding hydrogens is 481 g/mol. The Morgan fingerprint density at radius 1 is 1.15 bits per heavy atom. The molecule has 0 bridgehead atoms. The average molecular weight is 492 g/mol. The highest BCUT2D eigenvalue weighted by Gasteiger charge is 2.63. The van der Waals surface area contributed by atoms with Crippen LogP contribution in [-0.2, 0) is 0 Å². The number of nitrogens with zero attached hydrogens (tertiary/aromatic N) is 2. The Kier molecular flexibility index (Phi) is 4.98. The Hall–Kier alpha value is -1.71. The third-order valence-corrected chi connectivity index (χ3v) is 5.08. The highest BCUT2D eigenvalue weighted by molar-refractivity contribution is 9.10. The zero-order valence-electron chi connectivity index (χ0n) is 13.0. The number of hydrazone groups is 1. The van der Waals surface area contributed by atoms with Gasteiger partial charge in [-0.15, -0.1) is 0 Å². The normalized spacial score (nSPS) is 20.2. The fourth-order valence-corrected chi connectivity index (χ4v) is 3.41. The second-order valence-electron chi connectivity index (χ2n) is 5.64. The topological polar surface area (TPSA) is 52.9 Å². The van der Waals surface area contributed by atoms with Crippen molar-refractivity contribution in [3.63, 3.8) is 0 Å². The van der Waals surface area contributed by atoms with Crippen molar-refractivity contribution in [2.75, 3.05) is 0 Å². The molecule has 0 aromatic heterocycles. The molecule has 0 unspecified atom stereocenters. The van der Waals surface area contributed by atoms with E-state index in [1.165, 1.54) is 18.2 Å². The molecule has 0 spiro atoms. The lowest BCUT2D eigenvalue weighted by molar-refractivity contribution is -0.297. The number of rotatable bonds is 2. The van der Waals surface area contributed by atoms with Gasteiger partial charge in [-0.05, 0) is 45.8 Å².